The number of aromatic nitrogens is 1. The zero-order chi connectivity index (χ0) is 15.6. The van der Waals surface area contributed by atoms with Gasteiger partial charge in [0.25, 0.3) is 6.01 Å². The number of oxazole rings is 1. The Hall–Kier alpha value is -2.28. The molecule has 0 radical (unpaired) electrons. The fourth-order valence-electron chi connectivity index (χ4n) is 3.04. The van der Waals surface area contributed by atoms with Crippen LogP contribution in [-0.4, -0.2) is 73.3 Å². The van der Waals surface area contributed by atoms with Crippen LogP contribution in [0.5, 0.6) is 0 Å². The molecule has 4 rings (SSSR count). The minimum absolute atomic E-state index is 0.116. The van der Waals surface area contributed by atoms with Crippen LogP contribution in [0.2, 0.25) is 0 Å². The van der Waals surface area contributed by atoms with Crippen LogP contribution in [0.4, 0.5) is 10.8 Å². The van der Waals surface area contributed by atoms with Crippen molar-refractivity contribution in [1.82, 2.24) is 14.8 Å². The van der Waals surface area contributed by atoms with Crippen molar-refractivity contribution < 1.29 is 13.9 Å². The molecule has 0 saturated carbocycles. The normalized spacial score (nSPS) is 19.4. The smallest absolute Gasteiger partial charge is 0.320 e. The molecule has 0 N–H and O–H groups in total. The summed E-state index contributed by atoms with van der Waals surface area (Å²) in [5.74, 6) is 0. The highest BCUT2D eigenvalue weighted by atomic mass is 16.5. The van der Waals surface area contributed by atoms with Gasteiger partial charge >= 0.3 is 6.03 Å². The number of ether oxygens (including phenoxy) is 1. The fourth-order valence-corrected chi connectivity index (χ4v) is 3.04. The lowest BCUT2D eigenvalue weighted by molar-refractivity contribution is 0.0428. The van der Waals surface area contributed by atoms with E-state index in [4.69, 9.17) is 9.15 Å². The van der Waals surface area contributed by atoms with Crippen LogP contribution in [0.15, 0.2) is 28.7 Å². The summed E-state index contributed by atoms with van der Waals surface area (Å²) in [7, 11) is 0. The summed E-state index contributed by atoms with van der Waals surface area (Å²) in [4.78, 5) is 22.9. The number of carbonyl (C=O) groups excluding carboxylic acids is 1. The van der Waals surface area contributed by atoms with Crippen LogP contribution in [-0.2, 0) is 4.74 Å². The Kier molecular flexibility index (Phi) is 3.78. The molecular formula is C16H20N4O3. The minimum Gasteiger partial charge on any atom is -0.423 e. The zero-order valence-electron chi connectivity index (χ0n) is 13.0. The lowest BCUT2D eigenvalue weighted by atomic mass is 10.3. The molecule has 122 valence electrons. The van der Waals surface area contributed by atoms with Crippen LogP contribution >= 0.6 is 0 Å². The first kappa shape index (κ1) is 14.3. The molecule has 2 aromatic rings. The zero-order valence-corrected chi connectivity index (χ0v) is 13.0. The molecule has 0 aliphatic carbocycles. The van der Waals surface area contributed by atoms with E-state index in [2.05, 4.69) is 9.88 Å². The molecule has 23 heavy (non-hydrogen) atoms. The predicted molar refractivity (Wildman–Crippen MR) is 85.6 cm³/mol. The SMILES string of the molecule is O=C(N1CCOCC1)N1CCN(c2nc3ccccc3o2)CC1. The maximum Gasteiger partial charge on any atom is 0.320 e. The largest absolute Gasteiger partial charge is 0.423 e. The third kappa shape index (κ3) is 2.84. The van der Waals surface area contributed by atoms with E-state index in [-0.39, 0.29) is 6.03 Å². The van der Waals surface area contributed by atoms with Crippen molar-refractivity contribution in [3.05, 3.63) is 24.3 Å². The number of urea groups is 1. The maximum atomic E-state index is 12.5. The molecule has 2 fully saturated rings. The van der Waals surface area contributed by atoms with Gasteiger partial charge in [0.05, 0.1) is 13.2 Å². The van der Waals surface area contributed by atoms with Crippen molar-refractivity contribution in [1.29, 1.82) is 0 Å². The lowest BCUT2D eigenvalue weighted by Gasteiger charge is -2.38. The monoisotopic (exact) mass is 316 g/mol. The summed E-state index contributed by atoms with van der Waals surface area (Å²) in [5, 5.41) is 0. The molecule has 0 spiro atoms. The first-order valence-electron chi connectivity index (χ1n) is 8.03. The van der Waals surface area contributed by atoms with E-state index < -0.39 is 0 Å². The molecular weight excluding hydrogens is 296 g/mol. The van der Waals surface area contributed by atoms with Gasteiger partial charge in [-0.3, -0.25) is 0 Å². The molecule has 1 aromatic carbocycles. The summed E-state index contributed by atoms with van der Waals surface area (Å²) >= 11 is 0. The Morgan fingerprint density at radius 2 is 1.65 bits per heavy atom. The number of fused-ring (bicyclic) bond motifs is 1. The maximum absolute atomic E-state index is 12.5. The van der Waals surface area contributed by atoms with E-state index in [0.29, 0.717) is 45.4 Å². The molecule has 7 heteroatoms. The van der Waals surface area contributed by atoms with Gasteiger partial charge in [-0.2, -0.15) is 4.98 Å². The number of hydrogen-bond acceptors (Lipinski definition) is 5. The van der Waals surface area contributed by atoms with Crippen molar-refractivity contribution in [2.75, 3.05) is 57.4 Å². The Labute approximate surface area is 134 Å². The molecule has 0 atom stereocenters. The van der Waals surface area contributed by atoms with E-state index in [1.807, 2.05) is 34.1 Å². The summed E-state index contributed by atoms with van der Waals surface area (Å²) in [6, 6.07) is 8.52. The van der Waals surface area contributed by atoms with E-state index in [1.165, 1.54) is 0 Å². The number of piperazine rings is 1. The van der Waals surface area contributed by atoms with Gasteiger partial charge in [-0.15, -0.1) is 0 Å². The van der Waals surface area contributed by atoms with Crippen LogP contribution in [0, 0.1) is 0 Å². The van der Waals surface area contributed by atoms with Crippen molar-refractivity contribution >= 4 is 23.1 Å². The summed E-state index contributed by atoms with van der Waals surface area (Å²) in [6.45, 7) is 5.49. The number of para-hydroxylation sites is 2. The van der Waals surface area contributed by atoms with Gasteiger partial charge in [-0.05, 0) is 12.1 Å². The second-order valence-corrected chi connectivity index (χ2v) is 5.82. The third-order valence-corrected chi connectivity index (χ3v) is 4.38. The second kappa shape index (κ2) is 6.08. The standard InChI is InChI=1S/C16H20N4O3/c21-16(20-9-11-22-12-10-20)19-7-5-18(6-8-19)15-17-13-3-1-2-4-14(13)23-15/h1-4H,5-12H2. The first-order valence-corrected chi connectivity index (χ1v) is 8.03. The Balaban J connectivity index is 1.39. The number of rotatable bonds is 1. The van der Waals surface area contributed by atoms with Gasteiger partial charge in [0.1, 0.15) is 5.52 Å². The molecule has 7 nitrogen and oxygen atoms in total. The summed E-state index contributed by atoms with van der Waals surface area (Å²) in [5.41, 5.74) is 1.67. The second-order valence-electron chi connectivity index (χ2n) is 5.82. The number of morpholine rings is 1. The third-order valence-electron chi connectivity index (χ3n) is 4.38. The molecule has 2 aliphatic heterocycles. The molecule has 0 unspecified atom stereocenters. The number of benzene rings is 1. The number of amides is 2. The molecule has 2 saturated heterocycles. The molecule has 3 heterocycles. The molecule has 2 aliphatic rings. The number of nitrogens with zero attached hydrogens (tertiary/aromatic N) is 4. The predicted octanol–water partition coefficient (Wildman–Crippen LogP) is 1.40. The summed E-state index contributed by atoms with van der Waals surface area (Å²) in [6.07, 6.45) is 0. The van der Waals surface area contributed by atoms with Crippen LogP contribution in [0.1, 0.15) is 0 Å². The first-order chi connectivity index (χ1) is 11.3. The average Bonchev–Trinajstić information content (AvgIpc) is 3.06. The van der Waals surface area contributed by atoms with E-state index in [1.54, 1.807) is 0 Å². The van der Waals surface area contributed by atoms with Crippen molar-refractivity contribution in [2.24, 2.45) is 0 Å². The number of anilines is 1. The number of carbonyl (C=O) groups is 1. The highest BCUT2D eigenvalue weighted by Gasteiger charge is 2.27. The van der Waals surface area contributed by atoms with Crippen molar-refractivity contribution in [3.8, 4) is 0 Å². The van der Waals surface area contributed by atoms with E-state index in [0.717, 1.165) is 24.2 Å². The topological polar surface area (TPSA) is 62.1 Å². The molecule has 2 amide bonds. The quantitative estimate of drug-likeness (QED) is 0.796. The fraction of sp³-hybridized carbons (Fsp3) is 0.500. The lowest BCUT2D eigenvalue weighted by Crippen LogP contribution is -2.54. The van der Waals surface area contributed by atoms with Crippen molar-refractivity contribution in [2.45, 2.75) is 0 Å². The van der Waals surface area contributed by atoms with Crippen LogP contribution in [0.25, 0.3) is 11.1 Å². The highest BCUT2D eigenvalue weighted by molar-refractivity contribution is 5.75. The number of hydrogen-bond donors (Lipinski definition) is 0. The summed E-state index contributed by atoms with van der Waals surface area (Å²) < 4.78 is 11.1. The van der Waals surface area contributed by atoms with Gasteiger partial charge < -0.3 is 23.9 Å². The minimum atomic E-state index is 0.116. The Morgan fingerprint density at radius 3 is 2.39 bits per heavy atom. The Morgan fingerprint density at radius 1 is 0.957 bits per heavy atom. The average molecular weight is 316 g/mol. The molecule has 1 aromatic heterocycles. The van der Waals surface area contributed by atoms with Crippen molar-refractivity contribution in [3.63, 3.8) is 0 Å². The highest BCUT2D eigenvalue weighted by Crippen LogP contribution is 2.22. The van der Waals surface area contributed by atoms with Crippen LogP contribution in [0.3, 0.4) is 0 Å². The van der Waals surface area contributed by atoms with Gasteiger partial charge in [0, 0.05) is 39.3 Å². The van der Waals surface area contributed by atoms with E-state index >= 15 is 0 Å². The Bertz CT molecular complexity index is 654. The van der Waals surface area contributed by atoms with Gasteiger partial charge in [-0.25, -0.2) is 4.79 Å². The molecule has 0 bridgehead atoms. The van der Waals surface area contributed by atoms with Gasteiger partial charge in [0.2, 0.25) is 0 Å². The van der Waals surface area contributed by atoms with E-state index in [9.17, 15) is 4.79 Å². The van der Waals surface area contributed by atoms with Gasteiger partial charge in [0.15, 0.2) is 5.58 Å². The van der Waals surface area contributed by atoms with Crippen LogP contribution < -0.4 is 4.90 Å². The van der Waals surface area contributed by atoms with Gasteiger partial charge in [-0.1, -0.05) is 12.1 Å².